The van der Waals surface area contributed by atoms with E-state index in [4.69, 9.17) is 13.9 Å². The smallest absolute Gasteiger partial charge is 0.300 e. The molecule has 2 aromatic carbocycles. The minimum atomic E-state index is -0.479. The van der Waals surface area contributed by atoms with E-state index in [-0.39, 0.29) is 23.0 Å². The molecule has 2 aromatic heterocycles. The number of methoxy groups -OCH3 is 1. The van der Waals surface area contributed by atoms with Crippen molar-refractivity contribution in [3.05, 3.63) is 70.3 Å². The Kier molecular flexibility index (Phi) is 5.40. The quantitative estimate of drug-likeness (QED) is 0.292. The fourth-order valence-electron chi connectivity index (χ4n) is 3.19. The molecule has 0 amide bonds. The van der Waals surface area contributed by atoms with Crippen molar-refractivity contribution in [2.75, 3.05) is 12.4 Å². The number of hydrogen-bond donors (Lipinski definition) is 1. The second-order valence-corrected chi connectivity index (χ2v) is 8.11. The fourth-order valence-corrected chi connectivity index (χ4v) is 3.19. The number of nitrogens with one attached hydrogen (secondary N) is 1. The van der Waals surface area contributed by atoms with Gasteiger partial charge in [-0.05, 0) is 23.6 Å². The molecule has 0 aliphatic carbocycles. The second kappa shape index (κ2) is 8.18. The number of rotatable bonds is 6. The van der Waals surface area contributed by atoms with Crippen molar-refractivity contribution in [2.45, 2.75) is 26.2 Å². The number of non-ortho nitro benzene ring substituents is 1. The lowest BCUT2D eigenvalue weighted by Gasteiger charge is -2.22. The molecule has 2 heterocycles. The van der Waals surface area contributed by atoms with E-state index in [0.29, 0.717) is 28.4 Å². The Morgan fingerprint density at radius 1 is 1.06 bits per heavy atom. The number of para-hydroxylation sites is 1. The first-order chi connectivity index (χ1) is 15.2. The van der Waals surface area contributed by atoms with E-state index in [2.05, 4.69) is 36.1 Å². The number of fused-ring (bicyclic) bond motifs is 1. The number of aromatic nitrogens is 2. The van der Waals surface area contributed by atoms with Gasteiger partial charge in [0.2, 0.25) is 11.8 Å². The Morgan fingerprint density at radius 3 is 2.56 bits per heavy atom. The van der Waals surface area contributed by atoms with Crippen LogP contribution in [0.5, 0.6) is 17.5 Å². The van der Waals surface area contributed by atoms with Gasteiger partial charge in [-0.3, -0.25) is 10.1 Å². The van der Waals surface area contributed by atoms with Gasteiger partial charge >= 0.3 is 0 Å². The number of benzene rings is 2. The number of nitro groups is 1. The maximum atomic E-state index is 11.0. The Labute approximate surface area is 184 Å². The molecule has 0 radical (unpaired) electrons. The first-order valence-electron chi connectivity index (χ1n) is 9.89. The van der Waals surface area contributed by atoms with Crippen LogP contribution in [0.3, 0.4) is 0 Å². The van der Waals surface area contributed by atoms with Gasteiger partial charge in [0.1, 0.15) is 17.0 Å². The average molecular weight is 434 g/mol. The highest BCUT2D eigenvalue weighted by molar-refractivity contribution is 5.78. The maximum Gasteiger partial charge on any atom is 0.300 e. The maximum absolute atomic E-state index is 11.0. The summed E-state index contributed by atoms with van der Waals surface area (Å²) in [5.41, 5.74) is 2.09. The van der Waals surface area contributed by atoms with Crippen molar-refractivity contribution in [3.63, 3.8) is 0 Å². The number of anilines is 2. The molecule has 1 N–H and O–H groups in total. The van der Waals surface area contributed by atoms with E-state index in [9.17, 15) is 10.1 Å². The Bertz CT molecular complexity index is 1290. The highest BCUT2D eigenvalue weighted by Gasteiger charge is 2.21. The highest BCUT2D eigenvalue weighted by Crippen LogP contribution is 2.37. The van der Waals surface area contributed by atoms with E-state index in [1.165, 1.54) is 25.3 Å². The van der Waals surface area contributed by atoms with Crippen LogP contribution in [0.2, 0.25) is 0 Å². The van der Waals surface area contributed by atoms with Crippen LogP contribution in [0.4, 0.5) is 17.4 Å². The predicted octanol–water partition coefficient (Wildman–Crippen LogP) is 5.97. The minimum absolute atomic E-state index is 0.0636. The third kappa shape index (κ3) is 4.31. The van der Waals surface area contributed by atoms with Crippen LogP contribution in [0.15, 0.2) is 59.0 Å². The fraction of sp³-hybridized carbons (Fsp3) is 0.217. The summed E-state index contributed by atoms with van der Waals surface area (Å²) in [5.74, 6) is 1.32. The number of nitrogens with zero attached hydrogens (tertiary/aromatic N) is 3. The molecule has 9 heteroatoms. The average Bonchev–Trinajstić information content (AvgIpc) is 3.16. The number of pyridine rings is 1. The number of nitro benzene ring substituents is 1. The molecular weight excluding hydrogens is 412 g/mol. The highest BCUT2D eigenvalue weighted by atomic mass is 16.6. The number of ether oxygens (including phenoxy) is 2. The van der Waals surface area contributed by atoms with Crippen LogP contribution >= 0.6 is 0 Å². The van der Waals surface area contributed by atoms with E-state index in [0.717, 1.165) is 5.56 Å². The molecule has 9 nitrogen and oxygen atoms in total. The van der Waals surface area contributed by atoms with Crippen LogP contribution in [0.1, 0.15) is 26.3 Å². The van der Waals surface area contributed by atoms with Crippen LogP contribution in [-0.2, 0) is 5.41 Å². The van der Waals surface area contributed by atoms with Gasteiger partial charge in [0.25, 0.3) is 11.7 Å². The monoisotopic (exact) mass is 434 g/mol. The van der Waals surface area contributed by atoms with Gasteiger partial charge in [-0.25, -0.2) is 0 Å². The first kappa shape index (κ1) is 21.1. The van der Waals surface area contributed by atoms with Gasteiger partial charge in [-0.15, -0.1) is 0 Å². The largest absolute Gasteiger partial charge is 0.481 e. The number of oxazole rings is 1. The molecule has 0 aliphatic rings. The van der Waals surface area contributed by atoms with Crippen molar-refractivity contribution in [3.8, 4) is 17.5 Å². The van der Waals surface area contributed by atoms with Crippen LogP contribution < -0.4 is 14.8 Å². The molecule has 0 saturated carbocycles. The standard InChI is InChI=1S/C23H22N4O5/c1-23(2,3)15-7-5-6-8-18(15)31-21-16(10-12-20(26-21)30-4)24-22-25-17-13-14(27(28)29)9-11-19(17)32-22/h5-13H,1-4H3,(H,24,25). The van der Waals surface area contributed by atoms with Crippen molar-refractivity contribution >= 4 is 28.5 Å². The van der Waals surface area contributed by atoms with Crippen LogP contribution in [0.25, 0.3) is 11.1 Å². The molecule has 164 valence electrons. The van der Waals surface area contributed by atoms with Crippen molar-refractivity contribution in [1.82, 2.24) is 9.97 Å². The lowest BCUT2D eigenvalue weighted by atomic mass is 9.86. The van der Waals surface area contributed by atoms with Gasteiger partial charge in [-0.2, -0.15) is 9.97 Å². The Balaban J connectivity index is 1.70. The van der Waals surface area contributed by atoms with Gasteiger partial charge in [-0.1, -0.05) is 39.0 Å². The third-order valence-electron chi connectivity index (χ3n) is 4.77. The normalized spacial score (nSPS) is 11.4. The summed E-state index contributed by atoms with van der Waals surface area (Å²) in [6, 6.07) is 15.5. The summed E-state index contributed by atoms with van der Waals surface area (Å²) >= 11 is 0. The lowest BCUT2D eigenvalue weighted by Crippen LogP contribution is -2.12. The summed E-state index contributed by atoms with van der Waals surface area (Å²) in [6.45, 7) is 6.31. The zero-order chi connectivity index (χ0) is 22.9. The summed E-state index contributed by atoms with van der Waals surface area (Å²) in [6.07, 6.45) is 0. The minimum Gasteiger partial charge on any atom is -0.481 e. The molecule has 0 fully saturated rings. The van der Waals surface area contributed by atoms with Gasteiger partial charge in [0, 0.05) is 23.8 Å². The van der Waals surface area contributed by atoms with Crippen molar-refractivity contribution < 1.29 is 18.8 Å². The Morgan fingerprint density at radius 2 is 1.84 bits per heavy atom. The molecule has 0 aliphatic heterocycles. The van der Waals surface area contributed by atoms with E-state index >= 15 is 0 Å². The Hall–Kier alpha value is -4.14. The van der Waals surface area contributed by atoms with Crippen molar-refractivity contribution in [2.24, 2.45) is 0 Å². The van der Waals surface area contributed by atoms with Crippen LogP contribution in [-0.4, -0.2) is 22.0 Å². The molecule has 0 spiro atoms. The second-order valence-electron chi connectivity index (χ2n) is 8.11. The summed E-state index contributed by atoms with van der Waals surface area (Å²) in [5, 5.41) is 14.1. The zero-order valence-electron chi connectivity index (χ0n) is 18.1. The number of hydrogen-bond acceptors (Lipinski definition) is 8. The zero-order valence-corrected chi connectivity index (χ0v) is 18.1. The molecule has 32 heavy (non-hydrogen) atoms. The SMILES string of the molecule is COc1ccc(Nc2nc3cc([N+](=O)[O-])ccc3o2)c(Oc2ccccc2C(C)(C)C)n1. The third-order valence-corrected chi connectivity index (χ3v) is 4.77. The van der Waals surface area contributed by atoms with Crippen LogP contribution in [0, 0.1) is 10.1 Å². The molecule has 4 aromatic rings. The molecule has 0 atom stereocenters. The molecule has 0 saturated heterocycles. The van der Waals surface area contributed by atoms with E-state index in [1.807, 2.05) is 24.3 Å². The van der Waals surface area contributed by atoms with Gasteiger partial charge < -0.3 is 19.2 Å². The predicted molar refractivity (Wildman–Crippen MR) is 120 cm³/mol. The summed E-state index contributed by atoms with van der Waals surface area (Å²) < 4.78 is 17.1. The van der Waals surface area contributed by atoms with Crippen molar-refractivity contribution in [1.29, 1.82) is 0 Å². The molecule has 0 unspecified atom stereocenters. The topological polar surface area (TPSA) is 113 Å². The summed E-state index contributed by atoms with van der Waals surface area (Å²) in [7, 11) is 1.52. The first-order valence-corrected chi connectivity index (χ1v) is 9.89. The molecular formula is C23H22N4O5. The van der Waals surface area contributed by atoms with Gasteiger partial charge in [0.05, 0.1) is 12.0 Å². The van der Waals surface area contributed by atoms with E-state index in [1.54, 1.807) is 12.1 Å². The molecule has 0 bridgehead atoms. The van der Waals surface area contributed by atoms with Gasteiger partial charge in [0.15, 0.2) is 5.58 Å². The molecule has 4 rings (SSSR count). The lowest BCUT2D eigenvalue weighted by molar-refractivity contribution is -0.384. The summed E-state index contributed by atoms with van der Waals surface area (Å²) in [4.78, 5) is 19.3. The van der Waals surface area contributed by atoms with E-state index < -0.39 is 4.92 Å².